The second-order valence-electron chi connectivity index (χ2n) is 7.54. The summed E-state index contributed by atoms with van der Waals surface area (Å²) >= 11 is 2.85. The van der Waals surface area contributed by atoms with Gasteiger partial charge in [0.1, 0.15) is 0 Å². The number of anilines is 1. The highest BCUT2D eigenvalue weighted by Crippen LogP contribution is 2.30. The van der Waals surface area contributed by atoms with Crippen molar-refractivity contribution in [2.45, 2.75) is 23.6 Å². The lowest BCUT2D eigenvalue weighted by Crippen LogP contribution is -2.13. The van der Waals surface area contributed by atoms with Crippen LogP contribution >= 0.6 is 23.1 Å². The van der Waals surface area contributed by atoms with Crippen molar-refractivity contribution in [3.8, 4) is 17.3 Å². The number of nitrogens with one attached hydrogen (secondary N) is 1. The molecule has 3 aromatic heterocycles. The van der Waals surface area contributed by atoms with E-state index in [-0.39, 0.29) is 5.91 Å². The summed E-state index contributed by atoms with van der Waals surface area (Å²) in [5.74, 6) is 0.403. The molecular formula is C25H19N7OS2. The Hall–Kier alpha value is -4.07. The normalized spacial score (nSPS) is 10.9. The second-order valence-corrected chi connectivity index (χ2v) is 9.74. The van der Waals surface area contributed by atoms with Gasteiger partial charge in [-0.05, 0) is 30.7 Å². The first kappa shape index (κ1) is 22.7. The average Bonchev–Trinajstić information content (AvgIpc) is 3.54. The van der Waals surface area contributed by atoms with Crippen molar-refractivity contribution in [2.24, 2.45) is 0 Å². The van der Waals surface area contributed by atoms with Gasteiger partial charge in [0.2, 0.25) is 5.13 Å². The molecule has 0 radical (unpaired) electrons. The van der Waals surface area contributed by atoms with Gasteiger partial charge in [-0.3, -0.25) is 10.1 Å². The minimum absolute atomic E-state index is 0.287. The highest BCUT2D eigenvalue weighted by molar-refractivity contribution is 8.00. The molecule has 0 unspecified atom stereocenters. The topological polar surface area (TPSA) is 109 Å². The fourth-order valence-electron chi connectivity index (χ4n) is 3.53. The predicted octanol–water partition coefficient (Wildman–Crippen LogP) is 5.39. The lowest BCUT2D eigenvalue weighted by Gasteiger charge is -2.08. The maximum absolute atomic E-state index is 13.3. The third kappa shape index (κ3) is 4.91. The van der Waals surface area contributed by atoms with Crippen LogP contribution in [0.25, 0.3) is 22.3 Å². The Bertz CT molecular complexity index is 1540. The van der Waals surface area contributed by atoms with E-state index in [1.54, 1.807) is 29.1 Å². The molecule has 0 atom stereocenters. The van der Waals surface area contributed by atoms with E-state index < -0.39 is 0 Å². The third-order valence-corrected chi connectivity index (χ3v) is 7.34. The molecule has 0 bridgehead atoms. The standard InChI is InChI=1S/C25H19N7OS2/c1-2-32-22-20(14-27-32)19(12-21(28-22)18-6-4-3-5-7-18)23(33)29-24-30-31-25(35-24)34-15-17-10-8-16(13-26)9-11-17/h3-12,14H,2,15H2,1H3,(H,29,30,33). The van der Waals surface area contributed by atoms with Crippen LogP contribution in [-0.4, -0.2) is 30.9 Å². The van der Waals surface area contributed by atoms with Crippen LogP contribution in [0.4, 0.5) is 5.13 Å². The molecule has 1 N–H and O–H groups in total. The molecule has 0 fully saturated rings. The van der Waals surface area contributed by atoms with Crippen LogP contribution < -0.4 is 5.32 Å². The van der Waals surface area contributed by atoms with E-state index in [4.69, 9.17) is 10.2 Å². The van der Waals surface area contributed by atoms with Crippen LogP contribution in [0.2, 0.25) is 0 Å². The highest BCUT2D eigenvalue weighted by atomic mass is 32.2. The summed E-state index contributed by atoms with van der Waals surface area (Å²) in [6, 6.07) is 21.1. The number of fused-ring (bicyclic) bond motifs is 1. The second kappa shape index (κ2) is 10.0. The Labute approximate surface area is 209 Å². The molecule has 2 aromatic carbocycles. The van der Waals surface area contributed by atoms with Crippen LogP contribution in [0.5, 0.6) is 0 Å². The number of hydrogen-bond donors (Lipinski definition) is 1. The fraction of sp³-hybridized carbons (Fsp3) is 0.120. The van der Waals surface area contributed by atoms with Crippen molar-refractivity contribution < 1.29 is 4.79 Å². The molecule has 172 valence electrons. The Morgan fingerprint density at radius 3 is 2.69 bits per heavy atom. The monoisotopic (exact) mass is 497 g/mol. The van der Waals surface area contributed by atoms with Gasteiger partial charge in [0.15, 0.2) is 9.99 Å². The number of nitrogens with zero attached hydrogens (tertiary/aromatic N) is 6. The average molecular weight is 498 g/mol. The number of carbonyl (C=O) groups is 1. The predicted molar refractivity (Wildman–Crippen MR) is 137 cm³/mol. The first-order chi connectivity index (χ1) is 17.1. The summed E-state index contributed by atoms with van der Waals surface area (Å²) in [5.41, 5.74) is 4.48. The first-order valence-corrected chi connectivity index (χ1v) is 12.6. The zero-order valence-electron chi connectivity index (χ0n) is 18.7. The van der Waals surface area contributed by atoms with Gasteiger partial charge in [-0.15, -0.1) is 10.2 Å². The van der Waals surface area contributed by atoms with Crippen LogP contribution in [0.1, 0.15) is 28.4 Å². The number of benzene rings is 2. The maximum atomic E-state index is 13.3. The summed E-state index contributed by atoms with van der Waals surface area (Å²) in [4.78, 5) is 18.1. The van der Waals surface area contributed by atoms with Gasteiger partial charge in [-0.1, -0.05) is 65.6 Å². The van der Waals surface area contributed by atoms with E-state index >= 15 is 0 Å². The smallest absolute Gasteiger partial charge is 0.258 e. The van der Waals surface area contributed by atoms with Gasteiger partial charge in [0.05, 0.1) is 34.5 Å². The number of rotatable bonds is 7. The summed E-state index contributed by atoms with van der Waals surface area (Å²) < 4.78 is 2.52. The molecule has 0 saturated carbocycles. The van der Waals surface area contributed by atoms with Gasteiger partial charge in [-0.2, -0.15) is 10.4 Å². The Morgan fingerprint density at radius 2 is 1.94 bits per heavy atom. The van der Waals surface area contributed by atoms with Crippen LogP contribution in [-0.2, 0) is 12.3 Å². The van der Waals surface area contributed by atoms with Gasteiger partial charge >= 0.3 is 0 Å². The maximum Gasteiger partial charge on any atom is 0.258 e. The van der Waals surface area contributed by atoms with E-state index in [2.05, 4.69) is 26.7 Å². The number of carbonyl (C=O) groups excluding carboxylic acids is 1. The first-order valence-electron chi connectivity index (χ1n) is 10.8. The van der Waals surface area contributed by atoms with E-state index in [9.17, 15) is 4.79 Å². The summed E-state index contributed by atoms with van der Waals surface area (Å²) in [6.45, 7) is 2.63. The molecule has 5 aromatic rings. The quantitative estimate of drug-likeness (QED) is 0.237. The molecular weight excluding hydrogens is 478 g/mol. The van der Waals surface area contributed by atoms with Crippen molar-refractivity contribution in [1.29, 1.82) is 5.26 Å². The van der Waals surface area contributed by atoms with Crippen LogP contribution in [0.3, 0.4) is 0 Å². The lowest BCUT2D eigenvalue weighted by atomic mass is 10.1. The molecule has 0 aliphatic rings. The fourth-order valence-corrected chi connectivity index (χ4v) is 5.23. The van der Waals surface area contributed by atoms with E-state index in [1.807, 2.05) is 49.4 Å². The number of amides is 1. The summed E-state index contributed by atoms with van der Waals surface area (Å²) in [6.07, 6.45) is 1.68. The van der Waals surface area contributed by atoms with Gasteiger partial charge in [-0.25, -0.2) is 9.67 Å². The van der Waals surface area contributed by atoms with Crippen LogP contribution in [0.15, 0.2) is 71.2 Å². The molecule has 10 heteroatoms. The SMILES string of the molecule is CCn1ncc2c(C(=O)Nc3nnc(SCc4ccc(C#N)cc4)s3)cc(-c3ccccc3)nc21. The molecule has 8 nitrogen and oxygen atoms in total. The minimum Gasteiger partial charge on any atom is -0.296 e. The Balaban J connectivity index is 1.36. The minimum atomic E-state index is -0.287. The van der Waals surface area contributed by atoms with Crippen molar-refractivity contribution in [1.82, 2.24) is 25.0 Å². The molecule has 1 amide bonds. The molecule has 35 heavy (non-hydrogen) atoms. The largest absolute Gasteiger partial charge is 0.296 e. The molecule has 3 heterocycles. The third-order valence-electron chi connectivity index (χ3n) is 5.30. The van der Waals surface area contributed by atoms with Crippen molar-refractivity contribution in [3.63, 3.8) is 0 Å². The molecule has 0 spiro atoms. The molecule has 0 saturated heterocycles. The molecule has 5 rings (SSSR count). The number of pyridine rings is 1. The summed E-state index contributed by atoms with van der Waals surface area (Å²) in [5, 5.41) is 25.6. The molecule has 0 aliphatic carbocycles. The Morgan fingerprint density at radius 1 is 1.14 bits per heavy atom. The lowest BCUT2D eigenvalue weighted by molar-refractivity contribution is 0.102. The highest BCUT2D eigenvalue weighted by Gasteiger charge is 2.19. The van der Waals surface area contributed by atoms with Crippen molar-refractivity contribution in [2.75, 3.05) is 5.32 Å². The van der Waals surface area contributed by atoms with Crippen molar-refractivity contribution in [3.05, 3.63) is 83.6 Å². The van der Waals surface area contributed by atoms with E-state index in [0.29, 0.717) is 45.3 Å². The number of aromatic nitrogens is 5. The Kier molecular flexibility index (Phi) is 6.52. The van der Waals surface area contributed by atoms with E-state index in [0.717, 1.165) is 15.5 Å². The number of thioether (sulfide) groups is 1. The van der Waals surface area contributed by atoms with E-state index in [1.165, 1.54) is 23.1 Å². The zero-order chi connectivity index (χ0) is 24.2. The number of aryl methyl sites for hydroxylation is 1. The van der Waals surface area contributed by atoms with Gasteiger partial charge < -0.3 is 0 Å². The molecule has 0 aliphatic heterocycles. The van der Waals surface area contributed by atoms with Gasteiger partial charge in [0, 0.05) is 17.9 Å². The zero-order valence-corrected chi connectivity index (χ0v) is 20.3. The summed E-state index contributed by atoms with van der Waals surface area (Å²) in [7, 11) is 0. The number of nitriles is 1. The van der Waals surface area contributed by atoms with Crippen molar-refractivity contribution >= 4 is 45.2 Å². The van der Waals surface area contributed by atoms with Gasteiger partial charge in [0.25, 0.3) is 5.91 Å². The van der Waals surface area contributed by atoms with Crippen LogP contribution in [0, 0.1) is 11.3 Å². The number of hydrogen-bond acceptors (Lipinski definition) is 8.